The number of rotatable bonds is 7. The molecule has 0 aromatic heterocycles. The predicted molar refractivity (Wildman–Crippen MR) is 129 cm³/mol. The molecule has 1 heterocycles. The number of methoxy groups -OCH3 is 1. The zero-order valence-electron chi connectivity index (χ0n) is 17.2. The molecule has 1 fully saturated rings. The summed E-state index contributed by atoms with van der Waals surface area (Å²) >= 11 is 23.5. The van der Waals surface area contributed by atoms with Gasteiger partial charge in [-0.05, 0) is 48.0 Å². The van der Waals surface area contributed by atoms with Crippen LogP contribution in [-0.2, 0) is 11.4 Å². The summed E-state index contributed by atoms with van der Waals surface area (Å²) in [5.74, 6) is 1.21. The Hall–Kier alpha value is -1.99. The maximum absolute atomic E-state index is 12.7. The van der Waals surface area contributed by atoms with E-state index in [4.69, 9.17) is 56.5 Å². The van der Waals surface area contributed by atoms with E-state index >= 15 is 0 Å². The zero-order chi connectivity index (χ0) is 22.7. The second kappa shape index (κ2) is 10.1. The highest BCUT2D eigenvalue weighted by Gasteiger charge is 2.30. The van der Waals surface area contributed by atoms with Gasteiger partial charge in [-0.3, -0.25) is 9.69 Å². The molecule has 2 aromatic rings. The van der Waals surface area contributed by atoms with Crippen molar-refractivity contribution in [1.82, 2.24) is 10.2 Å². The Morgan fingerprint density at radius 1 is 1.10 bits per heavy atom. The van der Waals surface area contributed by atoms with Gasteiger partial charge in [0.1, 0.15) is 23.8 Å². The average Bonchev–Trinajstić information content (AvgIpc) is 2.97. The summed E-state index contributed by atoms with van der Waals surface area (Å²) in [5.41, 5.74) is 1.99. The minimum Gasteiger partial charge on any atom is -0.496 e. The molecule has 1 aliphatic heterocycles. The molecule has 31 heavy (non-hydrogen) atoms. The lowest BCUT2D eigenvalue weighted by Gasteiger charge is -2.16. The molecule has 1 saturated heterocycles. The first-order valence-electron chi connectivity index (χ1n) is 9.48. The summed E-state index contributed by atoms with van der Waals surface area (Å²) in [4.78, 5) is 14.3. The number of ether oxygens (including phenoxy) is 2. The van der Waals surface area contributed by atoms with Gasteiger partial charge in [-0.1, -0.05) is 54.7 Å². The molecule has 1 N–H and O–H groups in total. The number of hydrogen-bond acceptors (Lipinski definition) is 4. The second-order valence-corrected chi connectivity index (χ2v) is 8.96. The Balaban J connectivity index is 1.83. The molecule has 9 heteroatoms. The lowest BCUT2D eigenvalue weighted by Crippen LogP contribution is -2.33. The predicted octanol–water partition coefficient (Wildman–Crippen LogP) is 5.95. The molecule has 0 atom stereocenters. The number of hydrogen-bond donors (Lipinski definition) is 1. The summed E-state index contributed by atoms with van der Waals surface area (Å²) in [6.07, 6.45) is 1.75. The number of thiocarbonyl (C=S) groups is 1. The summed E-state index contributed by atoms with van der Waals surface area (Å²) in [7, 11) is 1.58. The van der Waals surface area contributed by atoms with Crippen LogP contribution >= 0.6 is 47.0 Å². The van der Waals surface area contributed by atoms with E-state index in [1.807, 2.05) is 32.0 Å². The van der Waals surface area contributed by atoms with Crippen LogP contribution in [-0.4, -0.2) is 29.6 Å². The molecule has 164 valence electrons. The Bertz CT molecular complexity index is 1060. The van der Waals surface area contributed by atoms with Gasteiger partial charge in [-0.15, -0.1) is 0 Å². The third-order valence-corrected chi connectivity index (χ3v) is 5.82. The van der Waals surface area contributed by atoms with E-state index in [0.29, 0.717) is 49.8 Å². The van der Waals surface area contributed by atoms with Crippen molar-refractivity contribution in [3.8, 4) is 11.5 Å². The lowest BCUT2D eigenvalue weighted by atomic mass is 10.1. The fourth-order valence-electron chi connectivity index (χ4n) is 3.04. The quantitative estimate of drug-likeness (QED) is 0.290. The Labute approximate surface area is 201 Å². The highest BCUT2D eigenvalue weighted by Crippen LogP contribution is 2.35. The maximum atomic E-state index is 12.7. The summed E-state index contributed by atoms with van der Waals surface area (Å²) in [6, 6.07) is 8.63. The number of nitrogens with one attached hydrogen (secondary N) is 1. The molecule has 0 bridgehead atoms. The molecule has 1 amide bonds. The van der Waals surface area contributed by atoms with Crippen molar-refractivity contribution in [2.45, 2.75) is 20.5 Å². The molecule has 0 spiro atoms. The van der Waals surface area contributed by atoms with E-state index in [0.717, 1.165) is 11.1 Å². The van der Waals surface area contributed by atoms with Gasteiger partial charge in [0.25, 0.3) is 5.91 Å². The molecule has 0 unspecified atom stereocenters. The van der Waals surface area contributed by atoms with Crippen molar-refractivity contribution in [3.05, 3.63) is 62.2 Å². The van der Waals surface area contributed by atoms with E-state index in [9.17, 15) is 4.79 Å². The van der Waals surface area contributed by atoms with Crippen LogP contribution in [0.3, 0.4) is 0 Å². The standard InChI is InChI=1S/C22H21Cl3N2O3S/c1-12(2)10-27-21(28)18(26-22(27)31)7-13-4-5-19(29-3)14(6-13)11-30-20-9-16(24)15(23)8-17(20)25/h4-9,12H,10-11H2,1-3H3,(H,26,31)/b18-7+. The Kier molecular flexibility index (Phi) is 7.70. The van der Waals surface area contributed by atoms with E-state index in [1.165, 1.54) is 6.07 Å². The zero-order valence-corrected chi connectivity index (χ0v) is 20.3. The van der Waals surface area contributed by atoms with Crippen molar-refractivity contribution in [2.75, 3.05) is 13.7 Å². The topological polar surface area (TPSA) is 50.8 Å². The first kappa shape index (κ1) is 23.7. The van der Waals surface area contributed by atoms with Crippen LogP contribution in [0.2, 0.25) is 15.1 Å². The molecule has 0 saturated carbocycles. The van der Waals surface area contributed by atoms with E-state index in [-0.39, 0.29) is 12.5 Å². The van der Waals surface area contributed by atoms with Gasteiger partial charge in [-0.25, -0.2) is 0 Å². The van der Waals surface area contributed by atoms with Crippen molar-refractivity contribution in [2.24, 2.45) is 5.92 Å². The summed E-state index contributed by atoms with van der Waals surface area (Å²) in [5, 5.41) is 4.46. The van der Waals surface area contributed by atoms with Crippen LogP contribution in [0.4, 0.5) is 0 Å². The molecular formula is C22H21Cl3N2O3S. The monoisotopic (exact) mass is 498 g/mol. The summed E-state index contributed by atoms with van der Waals surface area (Å²) < 4.78 is 11.3. The number of carbonyl (C=O) groups is 1. The first-order valence-corrected chi connectivity index (χ1v) is 11.0. The molecule has 0 radical (unpaired) electrons. The van der Waals surface area contributed by atoms with Crippen molar-refractivity contribution < 1.29 is 14.3 Å². The van der Waals surface area contributed by atoms with Gasteiger partial charge in [0.15, 0.2) is 5.11 Å². The number of amides is 1. The van der Waals surface area contributed by atoms with Gasteiger partial charge in [0.2, 0.25) is 0 Å². The highest BCUT2D eigenvalue weighted by atomic mass is 35.5. The number of benzene rings is 2. The highest BCUT2D eigenvalue weighted by molar-refractivity contribution is 7.80. The van der Waals surface area contributed by atoms with Crippen molar-refractivity contribution in [3.63, 3.8) is 0 Å². The van der Waals surface area contributed by atoms with E-state index < -0.39 is 0 Å². The number of nitrogens with zero attached hydrogens (tertiary/aromatic N) is 1. The maximum Gasteiger partial charge on any atom is 0.276 e. The third kappa shape index (κ3) is 5.63. The molecule has 3 rings (SSSR count). The van der Waals surface area contributed by atoms with E-state index in [1.54, 1.807) is 24.2 Å². The van der Waals surface area contributed by atoms with Crippen LogP contribution in [0.1, 0.15) is 25.0 Å². The van der Waals surface area contributed by atoms with Gasteiger partial charge < -0.3 is 14.8 Å². The van der Waals surface area contributed by atoms with Gasteiger partial charge in [0, 0.05) is 18.2 Å². The van der Waals surface area contributed by atoms with Crippen LogP contribution in [0.25, 0.3) is 6.08 Å². The molecule has 0 aliphatic carbocycles. The summed E-state index contributed by atoms with van der Waals surface area (Å²) in [6.45, 7) is 4.81. The number of carbonyl (C=O) groups excluding carboxylic acids is 1. The average molecular weight is 500 g/mol. The van der Waals surface area contributed by atoms with Crippen LogP contribution in [0.5, 0.6) is 11.5 Å². The van der Waals surface area contributed by atoms with E-state index in [2.05, 4.69) is 5.32 Å². The lowest BCUT2D eigenvalue weighted by molar-refractivity contribution is -0.122. The number of halogens is 3. The second-order valence-electron chi connectivity index (χ2n) is 7.35. The van der Waals surface area contributed by atoms with Crippen molar-refractivity contribution in [1.29, 1.82) is 0 Å². The Morgan fingerprint density at radius 3 is 2.48 bits per heavy atom. The van der Waals surface area contributed by atoms with Gasteiger partial charge in [-0.2, -0.15) is 0 Å². The molecular weight excluding hydrogens is 479 g/mol. The molecule has 1 aliphatic rings. The van der Waals surface area contributed by atoms with Crippen molar-refractivity contribution >= 4 is 64.1 Å². The van der Waals surface area contributed by atoms with Gasteiger partial charge >= 0.3 is 0 Å². The Morgan fingerprint density at radius 2 is 1.81 bits per heavy atom. The SMILES string of the molecule is COc1ccc(/C=C2/NC(=S)N(CC(C)C)C2=O)cc1COc1cc(Cl)c(Cl)cc1Cl. The van der Waals surface area contributed by atoms with Crippen LogP contribution in [0, 0.1) is 5.92 Å². The molecule has 2 aromatic carbocycles. The largest absolute Gasteiger partial charge is 0.496 e. The minimum atomic E-state index is -0.144. The minimum absolute atomic E-state index is 0.144. The third-order valence-electron chi connectivity index (χ3n) is 4.48. The molecule has 5 nitrogen and oxygen atoms in total. The van der Waals surface area contributed by atoms with Gasteiger partial charge in [0.05, 0.1) is 22.2 Å². The first-order chi connectivity index (χ1) is 14.7. The normalized spacial score (nSPS) is 15.1. The van der Waals surface area contributed by atoms with Crippen LogP contribution in [0.15, 0.2) is 36.0 Å². The fourth-order valence-corrected chi connectivity index (χ4v) is 3.90. The smallest absolute Gasteiger partial charge is 0.276 e. The van der Waals surface area contributed by atoms with Crippen LogP contribution < -0.4 is 14.8 Å². The fraction of sp³-hybridized carbons (Fsp3) is 0.273.